The fourth-order valence-corrected chi connectivity index (χ4v) is 1.34. The Bertz CT molecular complexity index is 238. The standard InChI is InChI=1S/C10H16N2/c1-8(2)11-10-5-6-12(4)7-9(10)3/h1,3,5-7H2,2,4H3/b11-10-. The Labute approximate surface area is 74.3 Å². The number of hydrogen-bond donors (Lipinski definition) is 0. The van der Waals surface area contributed by atoms with Gasteiger partial charge >= 0.3 is 0 Å². The SMILES string of the molecule is C=C(C)/N=C1/CCN(C)CC1=C. The van der Waals surface area contributed by atoms with E-state index in [2.05, 4.69) is 30.1 Å². The lowest BCUT2D eigenvalue weighted by molar-refractivity contribution is 0.365. The van der Waals surface area contributed by atoms with Gasteiger partial charge in [0.25, 0.3) is 0 Å². The molecular formula is C10H16N2. The van der Waals surface area contributed by atoms with Gasteiger partial charge in [0.2, 0.25) is 0 Å². The number of likely N-dealkylation sites (N-methyl/N-ethyl adjacent to an activating group) is 1. The Morgan fingerprint density at radius 3 is 2.75 bits per heavy atom. The van der Waals surface area contributed by atoms with E-state index in [1.807, 2.05) is 6.92 Å². The summed E-state index contributed by atoms with van der Waals surface area (Å²) in [6, 6.07) is 0. The van der Waals surface area contributed by atoms with Crippen molar-refractivity contribution in [1.29, 1.82) is 0 Å². The molecule has 1 heterocycles. The number of piperidine rings is 1. The summed E-state index contributed by atoms with van der Waals surface area (Å²) in [6.07, 6.45) is 1.00. The lowest BCUT2D eigenvalue weighted by Gasteiger charge is -2.25. The van der Waals surface area contributed by atoms with Crippen LogP contribution in [0.1, 0.15) is 13.3 Å². The maximum absolute atomic E-state index is 4.35. The molecule has 2 heteroatoms. The number of hydrogen-bond acceptors (Lipinski definition) is 2. The average Bonchev–Trinajstić information content (AvgIpc) is 1.94. The lowest BCUT2D eigenvalue weighted by Crippen LogP contribution is -2.32. The molecule has 0 aromatic heterocycles. The third-order valence-electron chi connectivity index (χ3n) is 1.93. The van der Waals surface area contributed by atoms with Crippen LogP contribution >= 0.6 is 0 Å². The van der Waals surface area contributed by atoms with Crippen molar-refractivity contribution in [3.05, 3.63) is 24.4 Å². The van der Waals surface area contributed by atoms with Crippen molar-refractivity contribution in [1.82, 2.24) is 4.90 Å². The van der Waals surface area contributed by atoms with Crippen molar-refractivity contribution in [3.8, 4) is 0 Å². The first-order valence-corrected chi connectivity index (χ1v) is 4.19. The molecule has 0 aromatic rings. The van der Waals surface area contributed by atoms with Crippen LogP contribution in [0, 0.1) is 0 Å². The van der Waals surface area contributed by atoms with Gasteiger partial charge in [0.1, 0.15) is 0 Å². The second-order valence-electron chi connectivity index (χ2n) is 3.39. The molecule has 1 rings (SSSR count). The largest absolute Gasteiger partial charge is 0.302 e. The molecule has 1 saturated heterocycles. The highest BCUT2D eigenvalue weighted by atomic mass is 15.1. The molecule has 0 amide bonds. The van der Waals surface area contributed by atoms with Gasteiger partial charge in [-0.25, -0.2) is 0 Å². The molecule has 0 atom stereocenters. The number of nitrogens with zero attached hydrogens (tertiary/aromatic N) is 2. The quantitative estimate of drug-likeness (QED) is 0.577. The van der Waals surface area contributed by atoms with Gasteiger partial charge in [-0.2, -0.15) is 0 Å². The minimum absolute atomic E-state index is 0.871. The number of allylic oxidation sites excluding steroid dienone is 1. The van der Waals surface area contributed by atoms with E-state index in [1.165, 1.54) is 0 Å². The van der Waals surface area contributed by atoms with Gasteiger partial charge in [0.05, 0.1) is 0 Å². The number of rotatable bonds is 1. The maximum Gasteiger partial charge on any atom is 0.0458 e. The van der Waals surface area contributed by atoms with Crippen LogP contribution in [0.2, 0.25) is 0 Å². The second-order valence-corrected chi connectivity index (χ2v) is 3.39. The van der Waals surface area contributed by atoms with Crippen molar-refractivity contribution in [2.75, 3.05) is 20.1 Å². The summed E-state index contributed by atoms with van der Waals surface area (Å²) >= 11 is 0. The highest BCUT2D eigenvalue weighted by Crippen LogP contribution is 2.11. The Hall–Kier alpha value is -0.890. The van der Waals surface area contributed by atoms with Crippen molar-refractivity contribution in [2.45, 2.75) is 13.3 Å². The van der Waals surface area contributed by atoms with Crippen LogP contribution < -0.4 is 0 Å². The zero-order valence-electron chi connectivity index (χ0n) is 7.93. The summed E-state index contributed by atoms with van der Waals surface area (Å²) in [5, 5.41) is 0. The molecule has 66 valence electrons. The molecule has 0 N–H and O–H groups in total. The average molecular weight is 164 g/mol. The molecule has 0 unspecified atom stereocenters. The minimum atomic E-state index is 0.871. The van der Waals surface area contributed by atoms with Crippen LogP contribution in [0.15, 0.2) is 29.4 Å². The van der Waals surface area contributed by atoms with Gasteiger partial charge in [-0.3, -0.25) is 4.99 Å². The normalized spacial score (nSPS) is 23.2. The van der Waals surface area contributed by atoms with E-state index in [-0.39, 0.29) is 0 Å². The van der Waals surface area contributed by atoms with Gasteiger partial charge in [-0.15, -0.1) is 0 Å². The summed E-state index contributed by atoms with van der Waals surface area (Å²) < 4.78 is 0. The van der Waals surface area contributed by atoms with Gasteiger partial charge in [0, 0.05) is 30.9 Å². The van der Waals surface area contributed by atoms with Crippen molar-refractivity contribution < 1.29 is 0 Å². The van der Waals surface area contributed by atoms with Crippen LogP contribution in [-0.2, 0) is 0 Å². The minimum Gasteiger partial charge on any atom is -0.302 e. The molecule has 0 spiro atoms. The van der Waals surface area contributed by atoms with Crippen LogP contribution in [0.25, 0.3) is 0 Å². The van der Waals surface area contributed by atoms with Crippen molar-refractivity contribution in [3.63, 3.8) is 0 Å². The molecule has 1 aliphatic rings. The molecule has 0 saturated carbocycles. The number of aliphatic imine (C=N–C) groups is 1. The van der Waals surface area contributed by atoms with Crippen LogP contribution in [0.5, 0.6) is 0 Å². The van der Waals surface area contributed by atoms with E-state index in [0.29, 0.717) is 0 Å². The zero-order valence-corrected chi connectivity index (χ0v) is 7.93. The van der Waals surface area contributed by atoms with Gasteiger partial charge in [-0.05, 0) is 19.5 Å². The molecule has 1 fully saturated rings. The van der Waals surface area contributed by atoms with E-state index in [0.717, 1.165) is 36.5 Å². The summed E-state index contributed by atoms with van der Waals surface area (Å²) in [5.41, 5.74) is 3.13. The Kier molecular flexibility index (Phi) is 2.82. The summed E-state index contributed by atoms with van der Waals surface area (Å²) in [4.78, 5) is 6.60. The highest BCUT2D eigenvalue weighted by molar-refractivity contribution is 6.01. The Morgan fingerprint density at radius 1 is 1.58 bits per heavy atom. The summed E-state index contributed by atoms with van der Waals surface area (Å²) in [6.45, 7) is 11.7. The van der Waals surface area contributed by atoms with Crippen LogP contribution in [0.4, 0.5) is 0 Å². The third-order valence-corrected chi connectivity index (χ3v) is 1.93. The van der Waals surface area contributed by atoms with Crippen LogP contribution in [0.3, 0.4) is 0 Å². The summed E-state index contributed by atoms with van der Waals surface area (Å²) in [7, 11) is 2.10. The predicted octanol–water partition coefficient (Wildman–Crippen LogP) is 1.85. The fourth-order valence-electron chi connectivity index (χ4n) is 1.34. The molecule has 2 nitrogen and oxygen atoms in total. The Balaban J connectivity index is 2.69. The van der Waals surface area contributed by atoms with Crippen LogP contribution in [-0.4, -0.2) is 30.7 Å². The highest BCUT2D eigenvalue weighted by Gasteiger charge is 2.14. The fraction of sp³-hybridized carbons (Fsp3) is 0.500. The Morgan fingerprint density at radius 2 is 2.25 bits per heavy atom. The molecule has 12 heavy (non-hydrogen) atoms. The first-order valence-electron chi connectivity index (χ1n) is 4.19. The van der Waals surface area contributed by atoms with Gasteiger partial charge < -0.3 is 4.90 Å². The van der Waals surface area contributed by atoms with E-state index < -0.39 is 0 Å². The maximum atomic E-state index is 4.35. The molecule has 1 aliphatic heterocycles. The molecule has 0 aromatic carbocycles. The first-order chi connectivity index (χ1) is 5.59. The molecule has 0 radical (unpaired) electrons. The molecular weight excluding hydrogens is 148 g/mol. The zero-order chi connectivity index (χ0) is 9.14. The monoisotopic (exact) mass is 164 g/mol. The predicted molar refractivity (Wildman–Crippen MR) is 53.5 cm³/mol. The third kappa shape index (κ3) is 2.31. The first kappa shape index (κ1) is 9.20. The molecule has 0 aliphatic carbocycles. The van der Waals surface area contributed by atoms with E-state index >= 15 is 0 Å². The van der Waals surface area contributed by atoms with Crippen molar-refractivity contribution >= 4 is 5.71 Å². The number of likely N-dealkylation sites (tertiary alicyclic amines) is 1. The van der Waals surface area contributed by atoms with Crippen molar-refractivity contribution in [2.24, 2.45) is 4.99 Å². The van der Waals surface area contributed by atoms with Gasteiger partial charge in [-0.1, -0.05) is 13.2 Å². The molecule has 0 bridgehead atoms. The smallest absolute Gasteiger partial charge is 0.0458 e. The topological polar surface area (TPSA) is 15.6 Å². The van der Waals surface area contributed by atoms with E-state index in [9.17, 15) is 0 Å². The summed E-state index contributed by atoms with van der Waals surface area (Å²) in [5.74, 6) is 0. The van der Waals surface area contributed by atoms with E-state index in [1.54, 1.807) is 0 Å². The van der Waals surface area contributed by atoms with E-state index in [4.69, 9.17) is 0 Å². The second kappa shape index (κ2) is 3.68. The van der Waals surface area contributed by atoms with Gasteiger partial charge in [0.15, 0.2) is 0 Å². The lowest BCUT2D eigenvalue weighted by atomic mass is 10.0.